The fraction of sp³-hybridized carbons (Fsp3) is 0.812. The predicted molar refractivity (Wildman–Crippen MR) is 85.6 cm³/mol. The molecule has 1 atom stereocenters. The Labute approximate surface area is 124 Å². The van der Waals surface area contributed by atoms with Crippen LogP contribution in [0.1, 0.15) is 59.1 Å². The van der Waals surface area contributed by atoms with Gasteiger partial charge in [0.1, 0.15) is 0 Å². The van der Waals surface area contributed by atoms with E-state index in [4.69, 9.17) is 5.73 Å². The zero-order valence-electron chi connectivity index (χ0n) is 13.8. The van der Waals surface area contributed by atoms with E-state index in [-0.39, 0.29) is 6.04 Å². The van der Waals surface area contributed by atoms with Gasteiger partial charge in [0.2, 0.25) is 0 Å². The second-order valence-electron chi connectivity index (χ2n) is 5.94. The molecule has 4 heteroatoms. The van der Waals surface area contributed by atoms with E-state index in [2.05, 4.69) is 50.8 Å². The van der Waals surface area contributed by atoms with Gasteiger partial charge in [0.25, 0.3) is 0 Å². The highest BCUT2D eigenvalue weighted by molar-refractivity contribution is 5.12. The Morgan fingerprint density at radius 1 is 1.25 bits per heavy atom. The van der Waals surface area contributed by atoms with Crippen LogP contribution < -0.4 is 5.73 Å². The summed E-state index contributed by atoms with van der Waals surface area (Å²) in [5, 5.41) is 4.41. The van der Waals surface area contributed by atoms with Crippen molar-refractivity contribution in [1.29, 1.82) is 0 Å². The molecule has 4 nitrogen and oxygen atoms in total. The first-order chi connectivity index (χ1) is 9.57. The summed E-state index contributed by atoms with van der Waals surface area (Å²) in [4.78, 5) is 2.58. The summed E-state index contributed by atoms with van der Waals surface area (Å²) in [5.74, 6) is 0.644. The van der Waals surface area contributed by atoms with E-state index in [1.54, 1.807) is 0 Å². The van der Waals surface area contributed by atoms with Gasteiger partial charge in [-0.2, -0.15) is 5.10 Å². The van der Waals surface area contributed by atoms with Crippen LogP contribution in [0.3, 0.4) is 0 Å². The van der Waals surface area contributed by atoms with Gasteiger partial charge in [-0.15, -0.1) is 0 Å². The maximum absolute atomic E-state index is 6.10. The van der Waals surface area contributed by atoms with Crippen LogP contribution in [0.2, 0.25) is 0 Å². The Morgan fingerprint density at radius 3 is 2.30 bits per heavy atom. The highest BCUT2D eigenvalue weighted by Crippen LogP contribution is 2.25. The van der Waals surface area contributed by atoms with E-state index >= 15 is 0 Å². The molecule has 0 aliphatic rings. The lowest BCUT2D eigenvalue weighted by Crippen LogP contribution is -2.43. The molecule has 20 heavy (non-hydrogen) atoms. The number of aryl methyl sites for hydroxylation is 1. The minimum Gasteiger partial charge on any atom is -0.329 e. The molecule has 0 fully saturated rings. The van der Waals surface area contributed by atoms with E-state index < -0.39 is 0 Å². The minimum absolute atomic E-state index is 0.280. The van der Waals surface area contributed by atoms with Gasteiger partial charge in [0, 0.05) is 37.4 Å². The van der Waals surface area contributed by atoms with Crippen LogP contribution in [0.5, 0.6) is 0 Å². The summed E-state index contributed by atoms with van der Waals surface area (Å²) in [7, 11) is 0. The molecule has 1 heterocycles. The molecule has 0 aromatic carbocycles. The fourth-order valence-electron chi connectivity index (χ4n) is 2.90. The number of hydrogen-bond donors (Lipinski definition) is 1. The van der Waals surface area contributed by atoms with Crippen LogP contribution in [-0.2, 0) is 6.54 Å². The monoisotopic (exact) mass is 280 g/mol. The van der Waals surface area contributed by atoms with E-state index in [0.29, 0.717) is 18.5 Å². The summed E-state index contributed by atoms with van der Waals surface area (Å²) >= 11 is 0. The van der Waals surface area contributed by atoms with Crippen LogP contribution in [-0.4, -0.2) is 33.8 Å². The highest BCUT2D eigenvalue weighted by atomic mass is 15.3. The average Bonchev–Trinajstić information content (AvgIpc) is 2.89. The van der Waals surface area contributed by atoms with E-state index in [0.717, 1.165) is 13.1 Å². The molecule has 1 aromatic heterocycles. The third kappa shape index (κ3) is 4.32. The van der Waals surface area contributed by atoms with E-state index in [1.807, 2.05) is 10.9 Å². The summed E-state index contributed by atoms with van der Waals surface area (Å²) in [6.45, 7) is 13.9. The normalized spacial score (nSPS) is 13.7. The van der Waals surface area contributed by atoms with E-state index in [1.165, 1.54) is 18.4 Å². The van der Waals surface area contributed by atoms with E-state index in [9.17, 15) is 0 Å². The van der Waals surface area contributed by atoms with Crippen molar-refractivity contribution in [3.63, 3.8) is 0 Å². The lowest BCUT2D eigenvalue weighted by atomic mass is 10.0. The predicted octanol–water partition coefficient (Wildman–Crippen LogP) is 3.05. The van der Waals surface area contributed by atoms with Gasteiger partial charge >= 0.3 is 0 Å². The number of nitrogens with two attached hydrogens (primary N) is 1. The summed E-state index contributed by atoms with van der Waals surface area (Å²) in [6.07, 6.45) is 6.47. The number of nitrogens with zero attached hydrogens (tertiary/aromatic N) is 3. The van der Waals surface area contributed by atoms with Gasteiger partial charge in [-0.25, -0.2) is 0 Å². The highest BCUT2D eigenvalue weighted by Gasteiger charge is 2.26. The Kier molecular flexibility index (Phi) is 7.24. The molecule has 1 aromatic rings. The topological polar surface area (TPSA) is 47.1 Å². The standard InChI is InChI=1S/C16H32N4/c1-6-15(7-2)20(11-13(4)5)16(9-17)14-10-18-19(8-3)12-14/h10,12-13,15-16H,6-9,11,17H2,1-5H3. The zero-order valence-corrected chi connectivity index (χ0v) is 13.8. The molecule has 116 valence electrons. The molecule has 1 unspecified atom stereocenters. The van der Waals surface area contributed by atoms with Gasteiger partial charge in [-0.3, -0.25) is 9.58 Å². The molecule has 0 aliphatic heterocycles. The molecule has 0 saturated carbocycles. The Bertz CT molecular complexity index is 368. The summed E-state index contributed by atoms with van der Waals surface area (Å²) in [5.41, 5.74) is 7.35. The molecular formula is C16H32N4. The minimum atomic E-state index is 0.280. The third-order valence-electron chi connectivity index (χ3n) is 3.97. The Morgan fingerprint density at radius 2 is 1.90 bits per heavy atom. The molecule has 0 radical (unpaired) electrons. The van der Waals surface area contributed by atoms with Crippen molar-refractivity contribution < 1.29 is 0 Å². The van der Waals surface area contributed by atoms with Crippen LogP contribution in [0.4, 0.5) is 0 Å². The van der Waals surface area contributed by atoms with Crippen molar-refractivity contribution >= 4 is 0 Å². The second-order valence-corrected chi connectivity index (χ2v) is 5.94. The number of aromatic nitrogens is 2. The summed E-state index contributed by atoms with van der Waals surface area (Å²) < 4.78 is 1.98. The van der Waals surface area contributed by atoms with Crippen molar-refractivity contribution in [2.24, 2.45) is 11.7 Å². The van der Waals surface area contributed by atoms with Gasteiger partial charge < -0.3 is 5.73 Å². The molecule has 0 saturated heterocycles. The molecule has 0 amide bonds. The third-order valence-corrected chi connectivity index (χ3v) is 3.97. The average molecular weight is 280 g/mol. The quantitative estimate of drug-likeness (QED) is 0.756. The van der Waals surface area contributed by atoms with Crippen LogP contribution >= 0.6 is 0 Å². The first-order valence-electron chi connectivity index (χ1n) is 8.05. The molecule has 0 spiro atoms. The number of hydrogen-bond acceptors (Lipinski definition) is 3. The summed E-state index contributed by atoms with van der Waals surface area (Å²) in [6, 6.07) is 0.874. The molecule has 1 rings (SSSR count). The largest absolute Gasteiger partial charge is 0.329 e. The second kappa shape index (κ2) is 8.42. The van der Waals surface area contributed by atoms with Crippen LogP contribution in [0.25, 0.3) is 0 Å². The van der Waals surface area contributed by atoms with Gasteiger partial charge in [-0.1, -0.05) is 27.7 Å². The van der Waals surface area contributed by atoms with Crippen molar-refractivity contribution in [2.45, 2.75) is 66.1 Å². The SMILES string of the molecule is CCC(CC)N(CC(C)C)C(CN)c1cnn(CC)c1. The first-order valence-corrected chi connectivity index (χ1v) is 8.05. The molecular weight excluding hydrogens is 248 g/mol. The smallest absolute Gasteiger partial charge is 0.0538 e. The fourth-order valence-corrected chi connectivity index (χ4v) is 2.90. The molecule has 0 aliphatic carbocycles. The van der Waals surface area contributed by atoms with Crippen molar-refractivity contribution in [3.05, 3.63) is 18.0 Å². The van der Waals surface area contributed by atoms with Gasteiger partial charge in [0.15, 0.2) is 0 Å². The number of rotatable bonds is 9. The maximum atomic E-state index is 6.10. The molecule has 2 N–H and O–H groups in total. The van der Waals surface area contributed by atoms with Crippen molar-refractivity contribution in [1.82, 2.24) is 14.7 Å². The first kappa shape index (κ1) is 17.2. The zero-order chi connectivity index (χ0) is 15.1. The van der Waals surface area contributed by atoms with Crippen molar-refractivity contribution in [3.8, 4) is 0 Å². The maximum Gasteiger partial charge on any atom is 0.0538 e. The Balaban J connectivity index is 2.99. The Hall–Kier alpha value is -0.870. The lowest BCUT2D eigenvalue weighted by molar-refractivity contribution is 0.112. The lowest BCUT2D eigenvalue weighted by Gasteiger charge is -2.38. The van der Waals surface area contributed by atoms with Gasteiger partial charge in [0.05, 0.1) is 12.2 Å². The van der Waals surface area contributed by atoms with Gasteiger partial charge in [-0.05, 0) is 25.7 Å². The van der Waals surface area contributed by atoms with Crippen LogP contribution in [0, 0.1) is 5.92 Å². The van der Waals surface area contributed by atoms with Crippen molar-refractivity contribution in [2.75, 3.05) is 13.1 Å². The van der Waals surface area contributed by atoms with Crippen LogP contribution in [0.15, 0.2) is 12.4 Å². The molecule has 0 bridgehead atoms.